The summed E-state index contributed by atoms with van der Waals surface area (Å²) in [5.74, 6) is 1.35. The van der Waals surface area contributed by atoms with E-state index in [1.165, 1.54) is 0 Å². The van der Waals surface area contributed by atoms with Gasteiger partial charge in [-0.2, -0.15) is 0 Å². The van der Waals surface area contributed by atoms with Gasteiger partial charge in [0.05, 0.1) is 12.3 Å². The van der Waals surface area contributed by atoms with Gasteiger partial charge in [0.2, 0.25) is 5.91 Å². The van der Waals surface area contributed by atoms with E-state index < -0.39 is 0 Å². The van der Waals surface area contributed by atoms with Crippen LogP contribution < -0.4 is 4.74 Å². The zero-order valence-electron chi connectivity index (χ0n) is 12.5. The first-order valence-electron chi connectivity index (χ1n) is 6.54. The molecule has 20 heavy (non-hydrogen) atoms. The van der Waals surface area contributed by atoms with Crippen LogP contribution in [-0.4, -0.2) is 41.5 Å². The van der Waals surface area contributed by atoms with E-state index >= 15 is 0 Å². The Morgan fingerprint density at radius 3 is 2.70 bits per heavy atom. The number of carbonyl (C=O) groups excluding carboxylic acids is 1. The summed E-state index contributed by atoms with van der Waals surface area (Å²) in [6.45, 7) is 7.34. The van der Waals surface area contributed by atoms with Crippen LogP contribution in [0.5, 0.6) is 5.75 Å². The van der Waals surface area contributed by atoms with Gasteiger partial charge in [0.25, 0.3) is 0 Å². The van der Waals surface area contributed by atoms with Gasteiger partial charge in [-0.15, -0.1) is 11.8 Å². The Kier molecular flexibility index (Phi) is 6.69. The van der Waals surface area contributed by atoms with Crippen molar-refractivity contribution in [2.45, 2.75) is 25.5 Å². The molecule has 0 radical (unpaired) electrons. The molecule has 3 nitrogen and oxygen atoms in total. The molecule has 0 unspecified atom stereocenters. The van der Waals surface area contributed by atoms with Crippen molar-refractivity contribution >= 4 is 29.3 Å². The van der Waals surface area contributed by atoms with E-state index in [2.05, 4.69) is 20.8 Å². The number of rotatable bonds is 6. The topological polar surface area (TPSA) is 29.5 Å². The summed E-state index contributed by atoms with van der Waals surface area (Å²) in [5, 5.41) is 0.647. The second kappa shape index (κ2) is 7.79. The van der Waals surface area contributed by atoms with E-state index in [1.54, 1.807) is 35.8 Å². The minimum Gasteiger partial charge on any atom is -0.492 e. The van der Waals surface area contributed by atoms with Crippen molar-refractivity contribution < 1.29 is 9.53 Å². The summed E-state index contributed by atoms with van der Waals surface area (Å²) in [6.07, 6.45) is 0. The monoisotopic (exact) mass is 315 g/mol. The van der Waals surface area contributed by atoms with Crippen LogP contribution in [0.3, 0.4) is 0 Å². The number of carbonyl (C=O) groups is 1. The van der Waals surface area contributed by atoms with Crippen LogP contribution in [-0.2, 0) is 4.79 Å². The SMILES string of the molecule is CN(CCOc1cccc(Cl)c1)C(=O)CSC(C)(C)C. The number of hydrogen-bond donors (Lipinski definition) is 0. The first-order valence-corrected chi connectivity index (χ1v) is 7.90. The molecule has 112 valence electrons. The molecule has 0 aliphatic heterocycles. The van der Waals surface area contributed by atoms with Crippen LogP contribution in [0.25, 0.3) is 0 Å². The summed E-state index contributed by atoms with van der Waals surface area (Å²) in [6, 6.07) is 7.25. The second-order valence-corrected chi connectivity index (χ2v) is 7.76. The molecule has 0 aliphatic carbocycles. The lowest BCUT2D eigenvalue weighted by atomic mass is 10.3. The Bertz CT molecular complexity index is 446. The van der Waals surface area contributed by atoms with Crippen LogP contribution in [0.15, 0.2) is 24.3 Å². The van der Waals surface area contributed by atoms with Gasteiger partial charge in [0.1, 0.15) is 12.4 Å². The Morgan fingerprint density at radius 1 is 1.40 bits per heavy atom. The lowest BCUT2D eigenvalue weighted by molar-refractivity contribution is -0.127. The predicted octanol–water partition coefficient (Wildman–Crippen LogP) is 3.71. The number of likely N-dealkylation sites (N-methyl/N-ethyl adjacent to an activating group) is 1. The Hall–Kier alpha value is -0.870. The molecule has 0 aromatic heterocycles. The molecule has 0 N–H and O–H groups in total. The van der Waals surface area contributed by atoms with Gasteiger partial charge >= 0.3 is 0 Å². The average molecular weight is 316 g/mol. The zero-order chi connectivity index (χ0) is 15.2. The molecule has 0 atom stereocenters. The predicted molar refractivity (Wildman–Crippen MR) is 86.8 cm³/mol. The molecule has 0 saturated carbocycles. The van der Waals surface area contributed by atoms with Gasteiger partial charge in [-0.25, -0.2) is 0 Å². The van der Waals surface area contributed by atoms with E-state index in [0.717, 1.165) is 5.75 Å². The molecule has 0 saturated heterocycles. The third-order valence-electron chi connectivity index (χ3n) is 2.55. The quantitative estimate of drug-likeness (QED) is 0.801. The molecule has 0 heterocycles. The number of ether oxygens (including phenoxy) is 1. The van der Waals surface area contributed by atoms with Gasteiger partial charge in [-0.1, -0.05) is 38.4 Å². The smallest absolute Gasteiger partial charge is 0.232 e. The van der Waals surface area contributed by atoms with Gasteiger partial charge in [0.15, 0.2) is 0 Å². The van der Waals surface area contributed by atoms with Crippen molar-refractivity contribution in [3.05, 3.63) is 29.3 Å². The standard InChI is InChI=1S/C15H22ClNO2S/c1-15(2,3)20-11-14(18)17(4)8-9-19-13-7-5-6-12(16)10-13/h5-7,10H,8-9,11H2,1-4H3. The van der Waals surface area contributed by atoms with Gasteiger partial charge in [-0.05, 0) is 18.2 Å². The maximum absolute atomic E-state index is 11.9. The highest BCUT2D eigenvalue weighted by Crippen LogP contribution is 2.23. The minimum atomic E-state index is 0.105. The Morgan fingerprint density at radius 2 is 2.10 bits per heavy atom. The number of nitrogens with zero attached hydrogens (tertiary/aromatic N) is 1. The van der Waals surface area contributed by atoms with Crippen LogP contribution in [0.4, 0.5) is 0 Å². The van der Waals surface area contributed by atoms with Crippen LogP contribution in [0.2, 0.25) is 5.02 Å². The fraction of sp³-hybridized carbons (Fsp3) is 0.533. The molecule has 0 aliphatic rings. The molecule has 0 spiro atoms. The van der Waals surface area contributed by atoms with Gasteiger partial charge in [0, 0.05) is 16.8 Å². The summed E-state index contributed by atoms with van der Waals surface area (Å²) in [5.41, 5.74) is 0. The molecular formula is C15H22ClNO2S. The summed E-state index contributed by atoms with van der Waals surface area (Å²) >= 11 is 7.53. The fourth-order valence-corrected chi connectivity index (χ4v) is 2.33. The second-order valence-electron chi connectivity index (χ2n) is 5.52. The number of halogens is 1. The number of thioether (sulfide) groups is 1. The van der Waals surface area contributed by atoms with E-state index in [9.17, 15) is 4.79 Å². The van der Waals surface area contributed by atoms with Crippen molar-refractivity contribution in [2.75, 3.05) is 26.0 Å². The number of hydrogen-bond acceptors (Lipinski definition) is 3. The van der Waals surface area contributed by atoms with Crippen LogP contribution in [0, 0.1) is 0 Å². The van der Waals surface area contributed by atoms with E-state index in [1.807, 2.05) is 12.1 Å². The Labute approximate surface area is 130 Å². The molecule has 1 aromatic rings. The maximum Gasteiger partial charge on any atom is 0.232 e. The largest absolute Gasteiger partial charge is 0.492 e. The van der Waals surface area contributed by atoms with Crippen molar-refractivity contribution in [1.29, 1.82) is 0 Å². The van der Waals surface area contributed by atoms with E-state index in [0.29, 0.717) is 23.9 Å². The lowest BCUT2D eigenvalue weighted by Gasteiger charge is -2.21. The molecule has 1 amide bonds. The van der Waals surface area contributed by atoms with Crippen molar-refractivity contribution in [3.63, 3.8) is 0 Å². The first kappa shape index (κ1) is 17.2. The minimum absolute atomic E-state index is 0.105. The fourth-order valence-electron chi connectivity index (χ4n) is 1.37. The summed E-state index contributed by atoms with van der Waals surface area (Å²) in [7, 11) is 1.80. The third kappa shape index (κ3) is 7.06. The lowest BCUT2D eigenvalue weighted by Crippen LogP contribution is -2.33. The summed E-state index contributed by atoms with van der Waals surface area (Å²) in [4.78, 5) is 13.6. The van der Waals surface area contributed by atoms with E-state index in [4.69, 9.17) is 16.3 Å². The molecule has 1 rings (SSSR count). The molecule has 0 fully saturated rings. The zero-order valence-corrected chi connectivity index (χ0v) is 14.1. The maximum atomic E-state index is 11.9. The molecule has 5 heteroatoms. The molecule has 0 bridgehead atoms. The first-order chi connectivity index (χ1) is 9.28. The third-order valence-corrected chi connectivity index (χ3v) is 4.04. The highest BCUT2D eigenvalue weighted by Gasteiger charge is 2.15. The van der Waals surface area contributed by atoms with Crippen LogP contribution in [0.1, 0.15) is 20.8 Å². The van der Waals surface area contributed by atoms with Crippen molar-refractivity contribution in [2.24, 2.45) is 0 Å². The van der Waals surface area contributed by atoms with Crippen molar-refractivity contribution in [1.82, 2.24) is 4.90 Å². The van der Waals surface area contributed by atoms with Crippen molar-refractivity contribution in [3.8, 4) is 5.75 Å². The van der Waals surface area contributed by atoms with Gasteiger partial charge < -0.3 is 9.64 Å². The number of benzene rings is 1. The molecular weight excluding hydrogens is 294 g/mol. The number of amides is 1. The van der Waals surface area contributed by atoms with Crippen LogP contribution >= 0.6 is 23.4 Å². The highest BCUT2D eigenvalue weighted by atomic mass is 35.5. The molecule has 1 aromatic carbocycles. The normalized spacial score (nSPS) is 11.2. The Balaban J connectivity index is 2.29. The van der Waals surface area contributed by atoms with E-state index in [-0.39, 0.29) is 10.7 Å². The summed E-state index contributed by atoms with van der Waals surface area (Å²) < 4.78 is 5.67. The average Bonchev–Trinajstić information content (AvgIpc) is 2.35. The highest BCUT2D eigenvalue weighted by molar-refractivity contribution is 8.01. The van der Waals surface area contributed by atoms with Gasteiger partial charge in [-0.3, -0.25) is 4.79 Å².